The summed E-state index contributed by atoms with van der Waals surface area (Å²) in [7, 11) is -2.57. The van der Waals surface area contributed by atoms with Crippen LogP contribution in [0.5, 0.6) is 0 Å². The molecule has 1 aliphatic heterocycles. The predicted octanol–water partition coefficient (Wildman–Crippen LogP) is -1.28. The zero-order chi connectivity index (χ0) is 17.6. The van der Waals surface area contributed by atoms with E-state index in [0.717, 1.165) is 21.1 Å². The maximum atomic E-state index is 12.6. The van der Waals surface area contributed by atoms with E-state index < -0.39 is 33.2 Å². The van der Waals surface area contributed by atoms with Crippen LogP contribution < -0.4 is 11.2 Å². The van der Waals surface area contributed by atoms with E-state index >= 15 is 0 Å². The van der Waals surface area contributed by atoms with E-state index in [9.17, 15) is 22.8 Å². The average molecular weight is 354 g/mol. The molecule has 24 heavy (non-hydrogen) atoms. The summed E-state index contributed by atoms with van der Waals surface area (Å²) in [6, 6.07) is 1.14. The van der Waals surface area contributed by atoms with E-state index in [4.69, 9.17) is 5.11 Å². The Morgan fingerprint density at radius 1 is 1.42 bits per heavy atom. The zero-order valence-corrected chi connectivity index (χ0v) is 13.4. The van der Waals surface area contributed by atoms with Crippen molar-refractivity contribution in [2.75, 3.05) is 13.1 Å². The van der Waals surface area contributed by atoms with Crippen LogP contribution in [0.1, 0.15) is 6.42 Å². The van der Waals surface area contributed by atoms with Gasteiger partial charge in [-0.05, 0) is 12.5 Å². The van der Waals surface area contributed by atoms with Crippen LogP contribution in [-0.4, -0.2) is 51.4 Å². The van der Waals surface area contributed by atoms with E-state index in [0.29, 0.717) is 0 Å². The Morgan fingerprint density at radius 2 is 2.12 bits per heavy atom. The lowest BCUT2D eigenvalue weighted by Gasteiger charge is -2.16. The second-order valence-corrected chi connectivity index (χ2v) is 7.49. The molecule has 0 spiro atoms. The Kier molecular flexibility index (Phi) is 3.76. The predicted molar refractivity (Wildman–Crippen MR) is 82.1 cm³/mol. The average Bonchev–Trinajstić information content (AvgIpc) is 3.03. The molecule has 1 unspecified atom stereocenters. The Bertz CT molecular complexity index is 1050. The molecular formula is C13H14N4O6S. The molecule has 1 atom stereocenters. The summed E-state index contributed by atoms with van der Waals surface area (Å²) in [6.07, 6.45) is 1.29. The molecule has 0 amide bonds. The lowest BCUT2D eigenvalue weighted by Crippen LogP contribution is -2.31. The highest BCUT2D eigenvalue weighted by Crippen LogP contribution is 2.25. The molecule has 2 N–H and O–H groups in total. The van der Waals surface area contributed by atoms with Crippen LogP contribution in [0.3, 0.4) is 0 Å². The molecule has 0 saturated carbocycles. The summed E-state index contributed by atoms with van der Waals surface area (Å²) >= 11 is 0. The molecule has 1 fully saturated rings. The van der Waals surface area contributed by atoms with Gasteiger partial charge in [0.2, 0.25) is 10.0 Å². The number of rotatable bonds is 3. The van der Waals surface area contributed by atoms with Gasteiger partial charge in [-0.1, -0.05) is 0 Å². The van der Waals surface area contributed by atoms with Crippen molar-refractivity contribution in [1.82, 2.24) is 18.8 Å². The number of carbonyl (C=O) groups is 1. The third-order valence-electron chi connectivity index (χ3n) is 4.07. The minimum Gasteiger partial charge on any atom is -0.481 e. The monoisotopic (exact) mass is 354 g/mol. The van der Waals surface area contributed by atoms with Crippen LogP contribution in [0.15, 0.2) is 26.7 Å². The number of sulfonamides is 1. The van der Waals surface area contributed by atoms with Crippen molar-refractivity contribution in [3.05, 3.63) is 33.1 Å². The molecule has 1 saturated heterocycles. The quantitative estimate of drug-likeness (QED) is 0.698. The van der Waals surface area contributed by atoms with Crippen molar-refractivity contribution in [3.63, 3.8) is 0 Å². The second kappa shape index (κ2) is 5.53. The summed E-state index contributed by atoms with van der Waals surface area (Å²) in [5.74, 6) is -1.80. The largest absolute Gasteiger partial charge is 0.481 e. The number of carboxylic acids is 1. The number of aryl methyl sites for hydroxylation is 1. The van der Waals surface area contributed by atoms with Crippen LogP contribution in [0, 0.1) is 5.92 Å². The van der Waals surface area contributed by atoms with Crippen LogP contribution in [0.25, 0.3) is 11.0 Å². The van der Waals surface area contributed by atoms with Gasteiger partial charge in [0.15, 0.2) is 0 Å². The van der Waals surface area contributed by atoms with Crippen molar-refractivity contribution in [3.8, 4) is 0 Å². The molecule has 0 bridgehead atoms. The van der Waals surface area contributed by atoms with Crippen molar-refractivity contribution in [2.24, 2.45) is 13.0 Å². The van der Waals surface area contributed by atoms with Crippen LogP contribution >= 0.6 is 0 Å². The van der Waals surface area contributed by atoms with Gasteiger partial charge in [0.05, 0.1) is 11.3 Å². The van der Waals surface area contributed by atoms with Gasteiger partial charge in [0.25, 0.3) is 5.56 Å². The molecule has 0 radical (unpaired) electrons. The molecule has 11 heteroatoms. The molecule has 0 aliphatic carbocycles. The first-order chi connectivity index (χ1) is 11.2. The second-order valence-electron chi connectivity index (χ2n) is 5.55. The maximum absolute atomic E-state index is 12.6. The highest BCUT2D eigenvalue weighted by Gasteiger charge is 2.36. The molecule has 0 aromatic carbocycles. The third kappa shape index (κ3) is 2.51. The fraction of sp³-hybridized carbons (Fsp3) is 0.385. The summed E-state index contributed by atoms with van der Waals surface area (Å²) in [5, 5.41) is 8.95. The molecule has 2 aromatic rings. The SMILES string of the molecule is Cn1c(=O)[nH]c(=O)c2cc(S(=O)(=O)N3CCC(C(=O)O)C3)cnc21. The van der Waals surface area contributed by atoms with Gasteiger partial charge in [0, 0.05) is 26.3 Å². The first-order valence-corrected chi connectivity index (χ1v) is 8.48. The summed E-state index contributed by atoms with van der Waals surface area (Å²) < 4.78 is 27.4. The van der Waals surface area contributed by atoms with E-state index in [-0.39, 0.29) is 35.4 Å². The van der Waals surface area contributed by atoms with Crippen molar-refractivity contribution >= 4 is 27.0 Å². The molecule has 3 rings (SSSR count). The van der Waals surface area contributed by atoms with Gasteiger partial charge >= 0.3 is 11.7 Å². The van der Waals surface area contributed by atoms with E-state index in [1.54, 1.807) is 0 Å². The Balaban J connectivity index is 2.08. The van der Waals surface area contributed by atoms with Gasteiger partial charge in [0.1, 0.15) is 10.5 Å². The standard InChI is InChI=1S/C13H14N4O6S/c1-16-10-9(11(18)15-13(16)21)4-8(5-14-10)24(22,23)17-3-2-7(6-17)12(19)20/h4-5,7H,2-3,6H2,1H3,(H,19,20)(H,15,18,21). The summed E-state index contributed by atoms with van der Waals surface area (Å²) in [6.45, 7) is -0.0414. The smallest absolute Gasteiger partial charge is 0.329 e. The maximum Gasteiger partial charge on any atom is 0.329 e. The summed E-state index contributed by atoms with van der Waals surface area (Å²) in [5.41, 5.74) is -1.32. The molecule has 2 aromatic heterocycles. The Labute approximate surface area is 135 Å². The molecule has 128 valence electrons. The number of hydrogen-bond donors (Lipinski definition) is 2. The number of nitrogens with one attached hydrogen (secondary N) is 1. The minimum absolute atomic E-state index is 0.0350. The van der Waals surface area contributed by atoms with Gasteiger partial charge in [-0.2, -0.15) is 4.31 Å². The van der Waals surface area contributed by atoms with Crippen LogP contribution in [0.2, 0.25) is 0 Å². The number of H-pyrrole nitrogens is 1. The Hall–Kier alpha value is -2.53. The van der Waals surface area contributed by atoms with Crippen molar-refractivity contribution in [1.29, 1.82) is 0 Å². The minimum atomic E-state index is -3.97. The van der Waals surface area contributed by atoms with E-state index in [1.165, 1.54) is 7.05 Å². The number of hydrogen-bond acceptors (Lipinski definition) is 6. The molecule has 1 aliphatic rings. The van der Waals surface area contributed by atoms with Crippen LogP contribution in [-0.2, 0) is 21.9 Å². The van der Waals surface area contributed by atoms with E-state index in [1.807, 2.05) is 0 Å². The normalized spacial score (nSPS) is 19.0. The fourth-order valence-corrected chi connectivity index (χ4v) is 4.13. The van der Waals surface area contributed by atoms with Gasteiger partial charge < -0.3 is 5.11 Å². The number of carboxylic acid groups (broad SMARTS) is 1. The zero-order valence-electron chi connectivity index (χ0n) is 12.6. The molecule has 3 heterocycles. The van der Waals surface area contributed by atoms with E-state index in [2.05, 4.69) is 9.97 Å². The lowest BCUT2D eigenvalue weighted by atomic mass is 10.1. The Morgan fingerprint density at radius 3 is 2.75 bits per heavy atom. The van der Waals surface area contributed by atoms with Gasteiger partial charge in [-0.3, -0.25) is 19.1 Å². The number of nitrogens with zero attached hydrogens (tertiary/aromatic N) is 3. The van der Waals surface area contributed by atoms with Crippen LogP contribution in [0.4, 0.5) is 0 Å². The lowest BCUT2D eigenvalue weighted by molar-refractivity contribution is -0.141. The highest BCUT2D eigenvalue weighted by molar-refractivity contribution is 7.89. The van der Waals surface area contributed by atoms with Crippen molar-refractivity contribution < 1.29 is 18.3 Å². The number of pyridine rings is 1. The number of aliphatic carboxylic acids is 1. The fourth-order valence-electron chi connectivity index (χ4n) is 2.66. The van der Waals surface area contributed by atoms with Gasteiger partial charge in [-0.15, -0.1) is 0 Å². The number of fused-ring (bicyclic) bond motifs is 1. The van der Waals surface area contributed by atoms with Crippen molar-refractivity contribution in [2.45, 2.75) is 11.3 Å². The van der Waals surface area contributed by atoms with Gasteiger partial charge in [-0.25, -0.2) is 18.2 Å². The first-order valence-electron chi connectivity index (χ1n) is 7.04. The molecule has 10 nitrogen and oxygen atoms in total. The third-order valence-corrected chi connectivity index (χ3v) is 5.90. The topological polar surface area (TPSA) is 142 Å². The molecular weight excluding hydrogens is 340 g/mol. The first kappa shape index (κ1) is 16.3. The number of aromatic nitrogens is 3. The highest BCUT2D eigenvalue weighted by atomic mass is 32.2. The summed E-state index contributed by atoms with van der Waals surface area (Å²) in [4.78, 5) is 40.2. The number of aromatic amines is 1.